The highest BCUT2D eigenvalue weighted by atomic mass is 32.2. The summed E-state index contributed by atoms with van der Waals surface area (Å²) in [5.41, 5.74) is 7.02. The van der Waals surface area contributed by atoms with Crippen LogP contribution < -0.4 is 10.5 Å². The van der Waals surface area contributed by atoms with Crippen molar-refractivity contribution in [3.8, 4) is 11.8 Å². The summed E-state index contributed by atoms with van der Waals surface area (Å²) >= 11 is 0. The van der Waals surface area contributed by atoms with E-state index >= 15 is 0 Å². The van der Waals surface area contributed by atoms with Gasteiger partial charge in [0.2, 0.25) is 10.0 Å². The third-order valence-corrected chi connectivity index (χ3v) is 5.08. The molecule has 0 atom stereocenters. The molecule has 7 heteroatoms. The van der Waals surface area contributed by atoms with Gasteiger partial charge in [-0.15, -0.1) is 0 Å². The highest BCUT2D eigenvalue weighted by molar-refractivity contribution is 7.89. The summed E-state index contributed by atoms with van der Waals surface area (Å²) in [7, 11) is -2.25. The Morgan fingerprint density at radius 2 is 2.25 bits per heavy atom. The van der Waals surface area contributed by atoms with E-state index in [-0.39, 0.29) is 17.9 Å². The van der Waals surface area contributed by atoms with E-state index in [2.05, 4.69) is 0 Å². The molecule has 0 saturated carbocycles. The Kier molecular flexibility index (Phi) is 4.16. The van der Waals surface area contributed by atoms with E-state index in [1.165, 1.54) is 13.1 Å². The first-order valence-corrected chi connectivity index (χ1v) is 7.79. The van der Waals surface area contributed by atoms with E-state index in [4.69, 9.17) is 15.7 Å². The Morgan fingerprint density at radius 3 is 2.95 bits per heavy atom. The second-order valence-electron chi connectivity index (χ2n) is 4.69. The van der Waals surface area contributed by atoms with Crippen molar-refractivity contribution < 1.29 is 13.2 Å². The van der Waals surface area contributed by atoms with Crippen molar-refractivity contribution in [3.05, 3.63) is 17.7 Å². The molecule has 0 fully saturated rings. The first kappa shape index (κ1) is 14.6. The third-order valence-electron chi connectivity index (χ3n) is 3.22. The minimum absolute atomic E-state index is 0.0904. The van der Waals surface area contributed by atoms with Gasteiger partial charge in [0.05, 0.1) is 12.7 Å². The van der Waals surface area contributed by atoms with Gasteiger partial charge in [-0.3, -0.25) is 0 Å². The van der Waals surface area contributed by atoms with Gasteiger partial charge < -0.3 is 10.5 Å². The Hall–Kier alpha value is -1.78. The molecule has 2 N–H and O–H groups in total. The number of sulfonamides is 1. The average Bonchev–Trinajstić information content (AvgIpc) is 2.43. The number of ether oxygens (including phenoxy) is 1. The molecule has 2 rings (SSSR count). The molecule has 1 aliphatic heterocycles. The van der Waals surface area contributed by atoms with Crippen LogP contribution in [0.1, 0.15) is 18.4 Å². The zero-order chi connectivity index (χ0) is 14.8. The molecule has 1 heterocycles. The molecular formula is C13H17N3O3S. The molecule has 0 spiro atoms. The lowest BCUT2D eigenvalue weighted by Gasteiger charge is -2.23. The standard InChI is InChI=1S/C13H17N3O3S/c1-16(6-3-5-14)20(17,18)12-9-11(15)8-10-4-2-7-19-13(10)12/h8-9H,2-4,6-7,15H2,1H3. The maximum absolute atomic E-state index is 12.5. The third kappa shape index (κ3) is 2.71. The topological polar surface area (TPSA) is 96.4 Å². The fourth-order valence-electron chi connectivity index (χ4n) is 2.16. The number of nitrogen functional groups attached to an aromatic ring is 1. The summed E-state index contributed by atoms with van der Waals surface area (Å²) in [5, 5.41) is 8.57. The van der Waals surface area contributed by atoms with E-state index in [0.29, 0.717) is 18.0 Å². The van der Waals surface area contributed by atoms with E-state index in [1.807, 2.05) is 6.07 Å². The maximum Gasteiger partial charge on any atom is 0.246 e. The summed E-state index contributed by atoms with van der Waals surface area (Å²) in [5.74, 6) is 0.397. The zero-order valence-electron chi connectivity index (χ0n) is 11.3. The minimum Gasteiger partial charge on any atom is -0.492 e. The van der Waals surface area contributed by atoms with Gasteiger partial charge in [-0.05, 0) is 30.5 Å². The van der Waals surface area contributed by atoms with Crippen molar-refractivity contribution in [2.45, 2.75) is 24.2 Å². The Bertz CT molecular complexity index is 650. The van der Waals surface area contributed by atoms with Crippen LogP contribution in [0.4, 0.5) is 5.69 Å². The summed E-state index contributed by atoms with van der Waals surface area (Å²) in [6, 6.07) is 5.11. The van der Waals surface area contributed by atoms with Crippen LogP contribution in [0.2, 0.25) is 0 Å². The van der Waals surface area contributed by atoms with Crippen molar-refractivity contribution in [2.24, 2.45) is 0 Å². The van der Waals surface area contributed by atoms with Crippen LogP contribution in [0, 0.1) is 11.3 Å². The molecule has 0 amide bonds. The molecule has 0 aromatic heterocycles. The Morgan fingerprint density at radius 1 is 1.50 bits per heavy atom. The van der Waals surface area contributed by atoms with Crippen molar-refractivity contribution in [1.29, 1.82) is 5.26 Å². The zero-order valence-corrected chi connectivity index (χ0v) is 12.1. The molecule has 6 nitrogen and oxygen atoms in total. The highest BCUT2D eigenvalue weighted by Crippen LogP contribution is 2.35. The number of hydrogen-bond acceptors (Lipinski definition) is 5. The van der Waals surface area contributed by atoms with Crippen LogP contribution in [0.5, 0.6) is 5.75 Å². The van der Waals surface area contributed by atoms with Crippen molar-refractivity contribution in [3.63, 3.8) is 0 Å². The van der Waals surface area contributed by atoms with Crippen molar-refractivity contribution in [1.82, 2.24) is 4.31 Å². The first-order chi connectivity index (χ1) is 9.46. The van der Waals surface area contributed by atoms with Gasteiger partial charge in [0.25, 0.3) is 0 Å². The van der Waals surface area contributed by atoms with Crippen LogP contribution in [0.3, 0.4) is 0 Å². The van der Waals surface area contributed by atoms with E-state index in [9.17, 15) is 8.42 Å². The van der Waals surface area contributed by atoms with E-state index < -0.39 is 10.0 Å². The fourth-order valence-corrected chi connectivity index (χ4v) is 3.53. The van der Waals surface area contributed by atoms with Gasteiger partial charge in [0.1, 0.15) is 10.6 Å². The summed E-state index contributed by atoms with van der Waals surface area (Å²) in [6.45, 7) is 0.643. The second kappa shape index (κ2) is 5.69. The molecule has 0 bridgehead atoms. The quantitative estimate of drug-likeness (QED) is 0.840. The number of benzene rings is 1. The number of hydrogen-bond donors (Lipinski definition) is 1. The van der Waals surface area contributed by atoms with Crippen LogP contribution in [0.25, 0.3) is 0 Å². The number of nitrogens with zero attached hydrogens (tertiary/aromatic N) is 2. The molecule has 0 radical (unpaired) electrons. The van der Waals surface area contributed by atoms with Gasteiger partial charge in [-0.2, -0.15) is 9.57 Å². The maximum atomic E-state index is 12.5. The lowest BCUT2D eigenvalue weighted by Crippen LogP contribution is -2.29. The predicted octanol–water partition coefficient (Wildman–Crippen LogP) is 1.13. The van der Waals surface area contributed by atoms with Crippen molar-refractivity contribution in [2.75, 3.05) is 25.9 Å². The van der Waals surface area contributed by atoms with Crippen LogP contribution in [0.15, 0.2) is 17.0 Å². The Labute approximate surface area is 118 Å². The van der Waals surface area contributed by atoms with Crippen LogP contribution >= 0.6 is 0 Å². The van der Waals surface area contributed by atoms with Gasteiger partial charge in [-0.25, -0.2) is 8.42 Å². The monoisotopic (exact) mass is 295 g/mol. The van der Waals surface area contributed by atoms with Crippen LogP contribution in [-0.2, 0) is 16.4 Å². The minimum atomic E-state index is -3.70. The molecule has 0 aliphatic carbocycles. The van der Waals surface area contributed by atoms with E-state index in [1.54, 1.807) is 6.07 Å². The number of nitriles is 1. The first-order valence-electron chi connectivity index (χ1n) is 6.35. The molecular weight excluding hydrogens is 278 g/mol. The number of anilines is 1. The highest BCUT2D eigenvalue weighted by Gasteiger charge is 2.28. The summed E-state index contributed by atoms with van der Waals surface area (Å²) in [6.07, 6.45) is 1.74. The van der Waals surface area contributed by atoms with Crippen molar-refractivity contribution >= 4 is 15.7 Å². The largest absolute Gasteiger partial charge is 0.492 e. The number of rotatable bonds is 4. The predicted molar refractivity (Wildman–Crippen MR) is 74.7 cm³/mol. The fraction of sp³-hybridized carbons (Fsp3) is 0.462. The van der Waals surface area contributed by atoms with Crippen LogP contribution in [-0.4, -0.2) is 32.9 Å². The molecule has 108 valence electrons. The van der Waals surface area contributed by atoms with E-state index in [0.717, 1.165) is 22.7 Å². The normalized spacial score (nSPS) is 14.4. The number of fused-ring (bicyclic) bond motifs is 1. The SMILES string of the molecule is CN(CCC#N)S(=O)(=O)c1cc(N)cc2c1OCCC2. The second-order valence-corrected chi connectivity index (χ2v) is 6.71. The van der Waals surface area contributed by atoms with Gasteiger partial charge in [0.15, 0.2) is 0 Å². The lowest BCUT2D eigenvalue weighted by atomic mass is 10.1. The molecule has 1 aliphatic rings. The number of aryl methyl sites for hydroxylation is 1. The Balaban J connectivity index is 2.46. The van der Waals surface area contributed by atoms with Gasteiger partial charge in [0, 0.05) is 25.7 Å². The molecule has 1 aromatic rings. The van der Waals surface area contributed by atoms with Gasteiger partial charge >= 0.3 is 0 Å². The molecule has 1 aromatic carbocycles. The number of nitrogens with two attached hydrogens (primary N) is 1. The molecule has 20 heavy (non-hydrogen) atoms. The summed E-state index contributed by atoms with van der Waals surface area (Å²) in [4.78, 5) is 0.0904. The molecule has 0 saturated heterocycles. The average molecular weight is 295 g/mol. The van der Waals surface area contributed by atoms with Gasteiger partial charge in [-0.1, -0.05) is 0 Å². The summed E-state index contributed by atoms with van der Waals surface area (Å²) < 4.78 is 31.8. The molecule has 0 unspecified atom stereocenters. The lowest BCUT2D eigenvalue weighted by molar-refractivity contribution is 0.279. The smallest absolute Gasteiger partial charge is 0.246 e.